The average molecular weight is 446 g/mol. The van der Waals surface area contributed by atoms with Crippen molar-refractivity contribution in [2.45, 2.75) is 43.9 Å². The number of hydrogen-bond acceptors (Lipinski definition) is 3. The molecule has 2 aromatic rings. The first-order valence-corrected chi connectivity index (χ1v) is 10.3. The molecule has 32 heavy (non-hydrogen) atoms. The lowest BCUT2D eigenvalue weighted by Crippen LogP contribution is -2.58. The highest BCUT2D eigenvalue weighted by molar-refractivity contribution is 6.07. The van der Waals surface area contributed by atoms with E-state index < -0.39 is 23.6 Å². The Morgan fingerprint density at radius 2 is 1.69 bits per heavy atom. The van der Waals surface area contributed by atoms with Gasteiger partial charge in [0, 0.05) is 29.6 Å². The van der Waals surface area contributed by atoms with E-state index in [1.165, 1.54) is 12.1 Å². The van der Waals surface area contributed by atoms with Crippen molar-refractivity contribution >= 4 is 23.5 Å². The molecule has 1 fully saturated rings. The van der Waals surface area contributed by atoms with Gasteiger partial charge in [0.25, 0.3) is 5.91 Å². The van der Waals surface area contributed by atoms with Gasteiger partial charge in [0.1, 0.15) is 0 Å². The third-order valence-electron chi connectivity index (χ3n) is 6.14. The largest absolute Gasteiger partial charge is 0.481 e. The van der Waals surface area contributed by atoms with Crippen molar-refractivity contribution in [2.75, 3.05) is 4.90 Å². The number of nitrogens with one attached hydrogen (secondary N) is 1. The summed E-state index contributed by atoms with van der Waals surface area (Å²) in [5, 5.41) is 11.7. The van der Waals surface area contributed by atoms with Gasteiger partial charge in [0.15, 0.2) is 0 Å². The van der Waals surface area contributed by atoms with E-state index in [-0.39, 0.29) is 42.3 Å². The summed E-state index contributed by atoms with van der Waals surface area (Å²) in [5.74, 6) is -1.88. The minimum atomic E-state index is -4.48. The number of fused-ring (bicyclic) bond motifs is 2. The van der Waals surface area contributed by atoms with E-state index in [2.05, 4.69) is 5.32 Å². The monoisotopic (exact) mass is 446 g/mol. The van der Waals surface area contributed by atoms with Gasteiger partial charge in [-0.25, -0.2) is 0 Å². The lowest BCUT2D eigenvalue weighted by atomic mass is 9.68. The quantitative estimate of drug-likeness (QED) is 0.722. The molecule has 2 aromatic carbocycles. The summed E-state index contributed by atoms with van der Waals surface area (Å²) < 4.78 is 38.6. The normalized spacial score (nSPS) is 21.7. The Balaban J connectivity index is 1.62. The zero-order valence-electron chi connectivity index (χ0n) is 16.9. The van der Waals surface area contributed by atoms with Crippen LogP contribution in [0.3, 0.4) is 0 Å². The molecule has 6 nitrogen and oxygen atoms in total. The minimum Gasteiger partial charge on any atom is -0.481 e. The standard InChI is InChI=1S/C23H21F3N2O4/c24-23(25,26)14-7-5-13(6-8-14)22(32)28-17-4-2-1-3-15(17)21(16-9-10-18(16)28)27-19(29)11-12-20(30)31/h1-8,16,18,21H,9-12H2,(H,27,29)(H,30,31). The molecule has 2 aliphatic rings. The molecule has 1 aliphatic heterocycles. The van der Waals surface area contributed by atoms with E-state index in [4.69, 9.17) is 5.11 Å². The number of halogens is 3. The number of alkyl halides is 3. The third-order valence-corrected chi connectivity index (χ3v) is 6.14. The summed E-state index contributed by atoms with van der Waals surface area (Å²) in [6.07, 6.45) is -3.43. The second-order valence-corrected chi connectivity index (χ2v) is 8.06. The van der Waals surface area contributed by atoms with Gasteiger partial charge < -0.3 is 15.3 Å². The van der Waals surface area contributed by atoms with Crippen LogP contribution in [0.15, 0.2) is 48.5 Å². The molecule has 168 valence electrons. The van der Waals surface area contributed by atoms with Gasteiger partial charge in [-0.1, -0.05) is 18.2 Å². The Bertz CT molecular complexity index is 1050. The minimum absolute atomic E-state index is 0.0583. The predicted molar refractivity (Wildman–Crippen MR) is 109 cm³/mol. The molecule has 1 saturated carbocycles. The topological polar surface area (TPSA) is 86.7 Å². The number of nitrogens with zero attached hydrogens (tertiary/aromatic N) is 1. The SMILES string of the molecule is O=C(O)CCC(=O)NC1c2ccccc2N(C(=O)c2ccc(C(F)(F)F)cc2)C2CCC12. The first kappa shape index (κ1) is 21.9. The summed E-state index contributed by atoms with van der Waals surface area (Å²) >= 11 is 0. The second-order valence-electron chi connectivity index (χ2n) is 8.06. The highest BCUT2D eigenvalue weighted by Gasteiger charge is 2.49. The van der Waals surface area contributed by atoms with Gasteiger partial charge in [0.05, 0.1) is 18.0 Å². The molecule has 1 aliphatic carbocycles. The van der Waals surface area contributed by atoms with Crippen LogP contribution < -0.4 is 10.2 Å². The van der Waals surface area contributed by atoms with Crippen LogP contribution >= 0.6 is 0 Å². The van der Waals surface area contributed by atoms with Crippen molar-refractivity contribution in [1.29, 1.82) is 0 Å². The first-order chi connectivity index (χ1) is 15.2. The summed E-state index contributed by atoms with van der Waals surface area (Å²) in [6, 6.07) is 10.7. The number of carboxylic acids is 1. The van der Waals surface area contributed by atoms with Crippen LogP contribution in [0, 0.1) is 5.92 Å². The molecule has 0 aromatic heterocycles. The Morgan fingerprint density at radius 1 is 1.00 bits per heavy atom. The van der Waals surface area contributed by atoms with E-state index in [1.54, 1.807) is 29.2 Å². The molecule has 0 radical (unpaired) electrons. The highest BCUT2D eigenvalue weighted by Crippen LogP contribution is 2.50. The molecule has 0 bridgehead atoms. The maximum Gasteiger partial charge on any atom is 0.416 e. The van der Waals surface area contributed by atoms with Crippen LogP contribution in [-0.2, 0) is 15.8 Å². The Kier molecular flexibility index (Phi) is 5.66. The van der Waals surface area contributed by atoms with E-state index in [0.717, 1.165) is 24.1 Å². The van der Waals surface area contributed by atoms with Gasteiger partial charge in [-0.15, -0.1) is 0 Å². The number of para-hydroxylation sites is 1. The highest BCUT2D eigenvalue weighted by atomic mass is 19.4. The van der Waals surface area contributed by atoms with Gasteiger partial charge >= 0.3 is 12.1 Å². The van der Waals surface area contributed by atoms with Crippen LogP contribution in [0.1, 0.15) is 53.2 Å². The van der Waals surface area contributed by atoms with E-state index in [9.17, 15) is 27.6 Å². The maximum absolute atomic E-state index is 13.3. The fourth-order valence-corrected chi connectivity index (χ4v) is 4.45. The average Bonchev–Trinajstić information content (AvgIpc) is 2.73. The lowest BCUT2D eigenvalue weighted by molar-refractivity contribution is -0.139. The Labute approximate surface area is 182 Å². The van der Waals surface area contributed by atoms with Crippen LogP contribution in [0.5, 0.6) is 0 Å². The third kappa shape index (κ3) is 4.06. The molecular formula is C23H21F3N2O4. The van der Waals surface area contributed by atoms with Crippen molar-refractivity contribution in [3.05, 3.63) is 65.2 Å². The lowest BCUT2D eigenvalue weighted by Gasteiger charge is -2.52. The fourth-order valence-electron chi connectivity index (χ4n) is 4.45. The van der Waals surface area contributed by atoms with Crippen molar-refractivity contribution in [3.63, 3.8) is 0 Å². The number of hydrogen-bond donors (Lipinski definition) is 2. The van der Waals surface area contributed by atoms with Gasteiger partial charge in [-0.05, 0) is 48.7 Å². The van der Waals surface area contributed by atoms with Gasteiger partial charge in [0.2, 0.25) is 5.91 Å². The number of carboxylic acid groups (broad SMARTS) is 1. The summed E-state index contributed by atoms with van der Waals surface area (Å²) in [5.41, 5.74) is 0.667. The van der Waals surface area contributed by atoms with Crippen LogP contribution in [0.4, 0.5) is 18.9 Å². The molecule has 3 atom stereocenters. The van der Waals surface area contributed by atoms with Gasteiger partial charge in [-0.2, -0.15) is 13.2 Å². The maximum atomic E-state index is 13.3. The molecule has 9 heteroatoms. The summed E-state index contributed by atoms with van der Waals surface area (Å²) in [7, 11) is 0. The van der Waals surface area contributed by atoms with Crippen molar-refractivity contribution < 1.29 is 32.7 Å². The molecule has 0 saturated heterocycles. The Hall–Kier alpha value is -3.36. The molecular weight excluding hydrogens is 425 g/mol. The fraction of sp³-hybridized carbons (Fsp3) is 0.348. The molecule has 1 heterocycles. The number of benzene rings is 2. The van der Waals surface area contributed by atoms with Crippen molar-refractivity contribution in [2.24, 2.45) is 5.92 Å². The Morgan fingerprint density at radius 3 is 2.28 bits per heavy atom. The number of anilines is 1. The van der Waals surface area contributed by atoms with Crippen LogP contribution in [0.2, 0.25) is 0 Å². The van der Waals surface area contributed by atoms with E-state index in [0.29, 0.717) is 12.1 Å². The number of aliphatic carboxylic acids is 1. The molecule has 0 spiro atoms. The zero-order valence-corrected chi connectivity index (χ0v) is 16.9. The number of rotatable bonds is 5. The molecule has 4 rings (SSSR count). The summed E-state index contributed by atoms with van der Waals surface area (Å²) in [6.45, 7) is 0. The van der Waals surface area contributed by atoms with Crippen molar-refractivity contribution in [3.8, 4) is 0 Å². The molecule has 3 unspecified atom stereocenters. The zero-order chi connectivity index (χ0) is 23.0. The first-order valence-electron chi connectivity index (χ1n) is 10.3. The van der Waals surface area contributed by atoms with E-state index in [1.807, 2.05) is 0 Å². The van der Waals surface area contributed by atoms with Gasteiger partial charge in [-0.3, -0.25) is 14.4 Å². The summed E-state index contributed by atoms with van der Waals surface area (Å²) in [4.78, 5) is 38.0. The number of carbonyl (C=O) groups is 3. The molecule has 2 amide bonds. The van der Waals surface area contributed by atoms with Crippen molar-refractivity contribution in [1.82, 2.24) is 5.32 Å². The smallest absolute Gasteiger partial charge is 0.416 e. The number of amides is 2. The van der Waals surface area contributed by atoms with E-state index >= 15 is 0 Å². The molecule has 2 N–H and O–H groups in total. The second kappa shape index (κ2) is 8.29. The van der Waals surface area contributed by atoms with Crippen LogP contribution in [0.25, 0.3) is 0 Å². The number of carbonyl (C=O) groups excluding carboxylic acids is 2. The predicted octanol–water partition coefficient (Wildman–Crippen LogP) is 4.17. The van der Waals surface area contributed by atoms with Crippen LogP contribution in [-0.4, -0.2) is 28.9 Å².